The molecule has 0 atom stereocenters. The molecule has 1 N–H and O–H groups in total. The number of aryl methyl sites for hydroxylation is 2. The first kappa shape index (κ1) is 37.2. The van der Waals surface area contributed by atoms with Crippen LogP contribution < -0.4 is 10.2 Å². The summed E-state index contributed by atoms with van der Waals surface area (Å²) in [5.41, 5.74) is 2.34. The van der Waals surface area contributed by atoms with Crippen molar-refractivity contribution in [3.05, 3.63) is 28.8 Å². The number of nitrogens with one attached hydrogen (secondary N) is 1. The second-order valence-corrected chi connectivity index (χ2v) is 15.2. The zero-order valence-corrected chi connectivity index (χ0v) is 28.4. The molecular formula is C32H46BF3N4O6S. The molecule has 3 aliphatic rings. The molecule has 1 saturated heterocycles. The van der Waals surface area contributed by atoms with E-state index in [9.17, 15) is 35.9 Å². The van der Waals surface area contributed by atoms with Crippen LogP contribution in [0.5, 0.6) is 0 Å². The van der Waals surface area contributed by atoms with Crippen LogP contribution in [-0.4, -0.2) is 87.8 Å². The average molecular weight is 683 g/mol. The van der Waals surface area contributed by atoms with Gasteiger partial charge in [0.2, 0.25) is 10.0 Å². The molecule has 10 nitrogen and oxygen atoms in total. The molecule has 15 heteroatoms. The van der Waals surface area contributed by atoms with Gasteiger partial charge in [0.05, 0.1) is 0 Å². The number of nitrogens with zero attached hydrogens (tertiary/aromatic N) is 3. The van der Waals surface area contributed by atoms with E-state index in [4.69, 9.17) is 9.73 Å². The van der Waals surface area contributed by atoms with E-state index in [1.54, 1.807) is 4.90 Å². The van der Waals surface area contributed by atoms with Crippen LogP contribution >= 0.6 is 0 Å². The van der Waals surface area contributed by atoms with E-state index in [0.717, 1.165) is 23.8 Å². The number of sulfonamides is 1. The number of halogens is 3. The van der Waals surface area contributed by atoms with Crippen molar-refractivity contribution in [1.29, 1.82) is 0 Å². The number of anilines is 1. The third-order valence-electron chi connectivity index (χ3n) is 9.83. The topological polar surface area (TPSA) is 125 Å². The van der Waals surface area contributed by atoms with Crippen LogP contribution in [0.1, 0.15) is 75.0 Å². The van der Waals surface area contributed by atoms with Crippen molar-refractivity contribution >= 4 is 40.5 Å². The predicted octanol–water partition coefficient (Wildman–Crippen LogP) is 4.53. The van der Waals surface area contributed by atoms with Crippen molar-refractivity contribution < 1.29 is 40.6 Å². The number of alkyl halides is 3. The quantitative estimate of drug-likeness (QED) is 0.227. The fourth-order valence-electron chi connectivity index (χ4n) is 7.04. The molecule has 1 aromatic carbocycles. The molecule has 2 aliphatic heterocycles. The summed E-state index contributed by atoms with van der Waals surface area (Å²) in [6, 6.07) is 3.74. The molecule has 1 saturated carbocycles. The van der Waals surface area contributed by atoms with Gasteiger partial charge in [0, 0.05) is 25.4 Å². The van der Waals surface area contributed by atoms with Gasteiger partial charge in [0.1, 0.15) is 11.4 Å². The van der Waals surface area contributed by atoms with Crippen molar-refractivity contribution in [3.8, 4) is 0 Å². The molecule has 0 unspecified atom stereocenters. The number of amidine groups is 1. The van der Waals surface area contributed by atoms with Gasteiger partial charge in [-0.1, -0.05) is 0 Å². The maximum atomic E-state index is 13.4. The fourth-order valence-corrected chi connectivity index (χ4v) is 8.50. The Morgan fingerprint density at radius 3 is 2.34 bits per heavy atom. The third-order valence-corrected chi connectivity index (χ3v) is 11.7. The molecule has 47 heavy (non-hydrogen) atoms. The van der Waals surface area contributed by atoms with Crippen molar-refractivity contribution in [2.75, 3.05) is 43.5 Å². The first-order valence-corrected chi connectivity index (χ1v) is 18.1. The summed E-state index contributed by atoms with van der Waals surface area (Å²) < 4.78 is 82.0. The van der Waals surface area contributed by atoms with E-state index in [1.807, 2.05) is 26.0 Å². The molecule has 2 heterocycles. The van der Waals surface area contributed by atoms with Crippen LogP contribution in [0.15, 0.2) is 17.1 Å². The van der Waals surface area contributed by atoms with Gasteiger partial charge in [0.25, 0.3) is 5.91 Å². The molecule has 2 fully saturated rings. The predicted molar refractivity (Wildman–Crippen MR) is 173 cm³/mol. The normalized spacial score (nSPS) is 21.7. The molecule has 260 valence electrons. The number of carbonyl (C=O) groups excluding carboxylic acids is 2. The number of aliphatic imine (C=N–C) groups is 1. The SMILES string of the molecule is CC(=O)N(CCOCCB=O)c1cc(C)c(CCS(=O)(=O)N2CCC3(CC2)N=C(C2CCC(CCC(F)(F)F)CC2)NC3=O)c(C)c1. The van der Waals surface area contributed by atoms with E-state index in [0.29, 0.717) is 63.1 Å². The van der Waals surface area contributed by atoms with Gasteiger partial charge in [-0.25, -0.2) is 12.7 Å². The summed E-state index contributed by atoms with van der Waals surface area (Å²) in [7, 11) is -2.85. The first-order chi connectivity index (χ1) is 22.1. The minimum atomic E-state index is -4.14. The number of ether oxygens (including phenoxy) is 1. The summed E-state index contributed by atoms with van der Waals surface area (Å²) in [6.07, 6.45) is -0.941. The third kappa shape index (κ3) is 9.72. The molecule has 0 bridgehead atoms. The molecular weight excluding hydrogens is 636 g/mol. The number of hydrogen-bond donors (Lipinski definition) is 1. The van der Waals surface area contributed by atoms with E-state index in [1.165, 1.54) is 11.2 Å². The van der Waals surface area contributed by atoms with Crippen LogP contribution in [0.2, 0.25) is 6.32 Å². The molecule has 1 aromatic rings. The van der Waals surface area contributed by atoms with Gasteiger partial charge in [-0.2, -0.15) is 13.2 Å². The summed E-state index contributed by atoms with van der Waals surface area (Å²) in [4.78, 5) is 31.8. The maximum absolute atomic E-state index is 13.4. The fraction of sp³-hybridized carbons (Fsp3) is 0.719. The van der Waals surface area contributed by atoms with Crippen LogP contribution in [0.4, 0.5) is 18.9 Å². The Morgan fingerprint density at radius 2 is 1.77 bits per heavy atom. The van der Waals surface area contributed by atoms with Crippen LogP contribution in [0, 0.1) is 25.7 Å². The number of benzene rings is 1. The van der Waals surface area contributed by atoms with Crippen molar-refractivity contribution in [1.82, 2.24) is 9.62 Å². The average Bonchev–Trinajstić information content (AvgIpc) is 3.32. The molecule has 2 amide bonds. The Bertz CT molecular complexity index is 1420. The Morgan fingerprint density at radius 1 is 1.13 bits per heavy atom. The van der Waals surface area contributed by atoms with Gasteiger partial charge in [0.15, 0.2) is 0 Å². The van der Waals surface area contributed by atoms with Gasteiger partial charge in [-0.05, 0) is 50.9 Å². The van der Waals surface area contributed by atoms with E-state index in [-0.39, 0.29) is 68.4 Å². The number of carbonyl (C=O) groups is 2. The molecule has 0 radical (unpaired) electrons. The Kier molecular flexibility index (Phi) is 12.4. The number of rotatable bonds is 14. The monoisotopic (exact) mass is 682 g/mol. The zero-order valence-electron chi connectivity index (χ0n) is 27.5. The summed E-state index contributed by atoms with van der Waals surface area (Å²) in [5.74, 6) is 0.163. The Labute approximate surface area is 276 Å². The van der Waals surface area contributed by atoms with Crippen LogP contribution in [0.25, 0.3) is 0 Å². The van der Waals surface area contributed by atoms with Gasteiger partial charge in [-0.15, -0.1) is 0 Å². The van der Waals surface area contributed by atoms with Crippen LogP contribution in [-0.2, 0) is 35.5 Å². The molecule has 1 spiro atoms. The van der Waals surface area contributed by atoms with E-state index >= 15 is 0 Å². The van der Waals surface area contributed by atoms with Crippen LogP contribution in [0.3, 0.4) is 0 Å². The molecule has 4 rings (SSSR count). The Balaban J connectivity index is 1.31. The van der Waals surface area contributed by atoms with Crippen molar-refractivity contribution in [2.45, 2.75) is 96.6 Å². The van der Waals surface area contributed by atoms with Gasteiger partial charge in [-0.3, -0.25) is 9.79 Å². The molecule has 1 aliphatic carbocycles. The second kappa shape index (κ2) is 15.7. The molecule has 0 aromatic heterocycles. The summed E-state index contributed by atoms with van der Waals surface area (Å²) >= 11 is 0. The zero-order chi connectivity index (χ0) is 34.4. The van der Waals surface area contributed by atoms with Gasteiger partial charge >= 0.3 is 132 Å². The van der Waals surface area contributed by atoms with E-state index in [2.05, 4.69) is 5.32 Å². The number of piperidine rings is 1. The summed E-state index contributed by atoms with van der Waals surface area (Å²) in [6.45, 7) is 6.51. The second-order valence-electron chi connectivity index (χ2n) is 13.1. The number of amides is 2. The number of hydrogen-bond acceptors (Lipinski definition) is 7. The minimum absolute atomic E-state index is 0.00404. The van der Waals surface area contributed by atoms with E-state index < -0.39 is 28.2 Å². The van der Waals surface area contributed by atoms with Crippen molar-refractivity contribution in [2.24, 2.45) is 16.8 Å². The standard InChI is InChI=1S/C32H46BF3N4O6S/c1-22-20-27(40(24(3)41)16-18-46-17-13-33-43)21-23(2)28(22)9-19-47(44,45)39-14-11-31(12-15-39)30(42)37-29(38-31)26-6-4-25(5-7-26)8-10-32(34,35)36/h20-21,25-26H,4-19H2,1-3H3,(H,37,38,42). The van der Waals surface area contributed by atoms with Gasteiger partial charge < -0.3 is 5.32 Å². The Hall–Kier alpha value is -2.65. The summed E-state index contributed by atoms with van der Waals surface area (Å²) in [5, 5.41) is 2.93. The first-order valence-electron chi connectivity index (χ1n) is 16.5. The van der Waals surface area contributed by atoms with Crippen molar-refractivity contribution in [3.63, 3.8) is 0 Å².